The van der Waals surface area contributed by atoms with E-state index in [0.717, 1.165) is 50.8 Å². The van der Waals surface area contributed by atoms with Gasteiger partial charge in [0, 0.05) is 83.2 Å². The number of aromatic nitrogens is 3. The molecular weight excluding hydrogens is 887 g/mol. The van der Waals surface area contributed by atoms with Crippen molar-refractivity contribution in [2.24, 2.45) is 11.8 Å². The van der Waals surface area contributed by atoms with Crippen LogP contribution in [0.2, 0.25) is 0 Å². The minimum absolute atomic E-state index is 0.0867. The van der Waals surface area contributed by atoms with Gasteiger partial charge < -0.3 is 23.5 Å². The Balaban J connectivity index is 0.971. The summed E-state index contributed by atoms with van der Waals surface area (Å²) in [5, 5.41) is 7.38. The van der Waals surface area contributed by atoms with Crippen LogP contribution < -0.4 is 9.80 Å². The molecule has 5 heteroatoms. The molecule has 5 nitrogen and oxygen atoms in total. The largest absolute Gasteiger partial charge is 0.334 e. The molecule has 14 rings (SSSR count). The summed E-state index contributed by atoms with van der Waals surface area (Å²) in [5.74, 6) is 0.641. The zero-order chi connectivity index (χ0) is 48.6. The van der Waals surface area contributed by atoms with Gasteiger partial charge in [0.05, 0.1) is 34.2 Å². The van der Waals surface area contributed by atoms with E-state index in [4.69, 9.17) is 0 Å². The minimum Gasteiger partial charge on any atom is -0.334 e. The number of anilines is 5. The number of hydrogen-bond donors (Lipinski definition) is 0. The van der Waals surface area contributed by atoms with Crippen LogP contribution in [0.25, 0.3) is 76.8 Å². The Labute approximate surface area is 425 Å². The second-order valence-electron chi connectivity index (χ2n) is 19.8. The van der Waals surface area contributed by atoms with Gasteiger partial charge in [0.25, 0.3) is 0 Å². The van der Waals surface area contributed by atoms with Gasteiger partial charge in [-0.15, -0.1) is 0 Å². The molecule has 0 fully saturated rings. The van der Waals surface area contributed by atoms with Crippen LogP contribution in [0.4, 0.5) is 28.4 Å². The molecule has 0 saturated heterocycles. The highest BCUT2D eigenvalue weighted by molar-refractivity contribution is 6.14. The minimum atomic E-state index is 0.0867. The molecule has 2 aliphatic rings. The Morgan fingerprint density at radius 1 is 0.315 bits per heavy atom. The van der Waals surface area contributed by atoms with Crippen molar-refractivity contribution in [3.63, 3.8) is 0 Å². The molecule has 73 heavy (non-hydrogen) atoms. The fraction of sp³-hybridized carbons (Fsp3) is 0.0882. The maximum Gasteiger partial charge on any atom is 0.0585 e. The van der Waals surface area contributed by atoms with E-state index in [-0.39, 0.29) is 18.0 Å². The Morgan fingerprint density at radius 3 is 1.29 bits per heavy atom. The number of hydrogen-bond acceptors (Lipinski definition) is 2. The topological polar surface area (TPSA) is 21.3 Å². The van der Waals surface area contributed by atoms with Crippen LogP contribution in [-0.2, 0) is 0 Å². The Kier molecular flexibility index (Phi) is 10.2. The van der Waals surface area contributed by atoms with Gasteiger partial charge in [-0.3, -0.25) is 0 Å². The lowest BCUT2D eigenvalue weighted by Crippen LogP contribution is -2.35. The van der Waals surface area contributed by atoms with Gasteiger partial charge in [0.15, 0.2) is 0 Å². The first kappa shape index (κ1) is 42.8. The van der Waals surface area contributed by atoms with Gasteiger partial charge in [-0.05, 0) is 133 Å². The number of nitrogens with zero attached hydrogens (tertiary/aromatic N) is 5. The lowest BCUT2D eigenvalue weighted by molar-refractivity contribution is 0.510. The molecule has 350 valence electrons. The number of allylic oxidation sites excluding steroid dienone is 6. The third-order valence-electron chi connectivity index (χ3n) is 15.5. The molecule has 3 aromatic heterocycles. The second kappa shape index (κ2) is 17.4. The van der Waals surface area contributed by atoms with Crippen molar-refractivity contribution < 1.29 is 0 Å². The zero-order valence-electron chi connectivity index (χ0n) is 40.9. The van der Waals surface area contributed by atoms with E-state index in [1.54, 1.807) is 0 Å². The molecular formula is C68H53N5. The van der Waals surface area contributed by atoms with Crippen LogP contribution in [0.1, 0.15) is 19.9 Å². The lowest BCUT2D eigenvalue weighted by Gasteiger charge is -2.36. The monoisotopic (exact) mass is 939 g/mol. The van der Waals surface area contributed by atoms with Gasteiger partial charge in [-0.2, -0.15) is 0 Å². The molecule has 0 N–H and O–H groups in total. The van der Waals surface area contributed by atoms with Gasteiger partial charge in [0.1, 0.15) is 0 Å². The van der Waals surface area contributed by atoms with Crippen molar-refractivity contribution in [1.29, 1.82) is 0 Å². The van der Waals surface area contributed by atoms with Crippen molar-refractivity contribution in [1.82, 2.24) is 13.7 Å². The summed E-state index contributed by atoms with van der Waals surface area (Å²) in [6.45, 7) is 4.65. The summed E-state index contributed by atoms with van der Waals surface area (Å²) in [7, 11) is 0. The third kappa shape index (κ3) is 6.98. The molecule has 0 amide bonds. The first-order valence-corrected chi connectivity index (χ1v) is 25.7. The number of benzene rings is 9. The molecule has 0 saturated carbocycles. The Hall–Kier alpha value is -9.06. The molecule has 4 atom stereocenters. The SMILES string of the molecule is CC1C=CC=CC1N(c1ccc2c(c1)c1ccccc1n2-c1ccccc1)c1ccc2c(c1)c1cc(N(c3ccccc3)c3ccc4c(c3)c3ccccc3n4C3C=CC=CC3C)ccc1n2-c1ccccc1. The number of rotatable bonds is 9. The molecule has 0 radical (unpaired) electrons. The zero-order valence-corrected chi connectivity index (χ0v) is 40.9. The fourth-order valence-electron chi connectivity index (χ4n) is 12.1. The maximum atomic E-state index is 2.57. The second-order valence-corrected chi connectivity index (χ2v) is 19.8. The Bertz CT molecular complexity index is 4210. The van der Waals surface area contributed by atoms with E-state index in [0.29, 0.717) is 5.92 Å². The standard InChI is InChI=1S/C68H53N5/c1-46-20-12-16-30-61(46)70(53-36-39-65-57(44-53)55-28-14-18-32-63(55)71(65)49-24-8-4-9-25-49)54-37-40-67-60(45-54)59-43-52(34-38-66(59)72(67)50-26-10-5-11-27-50)69(48-22-6-3-7-23-48)51-35-41-68-58(42-51)56-29-15-19-33-64(56)73(68)62-31-17-13-21-47(62)2/h3-47,61-62H,1-2H3. The average molecular weight is 940 g/mol. The van der Waals surface area contributed by atoms with Crippen molar-refractivity contribution in [3.05, 3.63) is 261 Å². The fourth-order valence-corrected chi connectivity index (χ4v) is 12.1. The lowest BCUT2D eigenvalue weighted by atomic mass is 9.94. The van der Waals surface area contributed by atoms with Crippen molar-refractivity contribution in [2.75, 3.05) is 9.80 Å². The highest BCUT2D eigenvalue weighted by Crippen LogP contribution is 2.46. The summed E-state index contributed by atoms with van der Waals surface area (Å²) in [6.07, 6.45) is 18.1. The van der Waals surface area contributed by atoms with Crippen LogP contribution in [0.15, 0.2) is 261 Å². The highest BCUT2D eigenvalue weighted by Gasteiger charge is 2.28. The van der Waals surface area contributed by atoms with Crippen LogP contribution in [0.5, 0.6) is 0 Å². The normalized spacial score (nSPS) is 17.5. The highest BCUT2D eigenvalue weighted by atomic mass is 15.2. The molecule has 0 spiro atoms. The summed E-state index contributed by atoms with van der Waals surface area (Å²) in [5.41, 5.74) is 15.1. The molecule has 4 unspecified atom stereocenters. The number of para-hydroxylation sites is 5. The van der Waals surface area contributed by atoms with Crippen molar-refractivity contribution >= 4 is 93.9 Å². The molecule has 9 aromatic carbocycles. The van der Waals surface area contributed by atoms with Crippen LogP contribution >= 0.6 is 0 Å². The van der Waals surface area contributed by atoms with Gasteiger partial charge >= 0.3 is 0 Å². The van der Waals surface area contributed by atoms with E-state index in [9.17, 15) is 0 Å². The quantitative estimate of drug-likeness (QED) is 0.144. The predicted molar refractivity (Wildman–Crippen MR) is 309 cm³/mol. The van der Waals surface area contributed by atoms with Crippen LogP contribution in [0.3, 0.4) is 0 Å². The van der Waals surface area contributed by atoms with Crippen molar-refractivity contribution in [3.8, 4) is 11.4 Å². The van der Waals surface area contributed by atoms with E-state index in [1.165, 1.54) is 54.4 Å². The maximum absolute atomic E-state index is 2.57. The van der Waals surface area contributed by atoms with E-state index in [2.05, 4.69) is 298 Å². The Morgan fingerprint density at radius 2 is 0.712 bits per heavy atom. The molecule has 2 aliphatic carbocycles. The molecule has 0 aliphatic heterocycles. The summed E-state index contributed by atoms with van der Waals surface area (Å²) in [6, 6.07) is 78.7. The summed E-state index contributed by atoms with van der Waals surface area (Å²) in [4.78, 5) is 5.00. The molecule has 3 heterocycles. The number of fused-ring (bicyclic) bond motifs is 9. The van der Waals surface area contributed by atoms with Gasteiger partial charge in [-0.1, -0.05) is 153 Å². The molecule has 0 bridgehead atoms. The summed E-state index contributed by atoms with van der Waals surface area (Å²) >= 11 is 0. The first-order chi connectivity index (χ1) is 36.1. The third-order valence-corrected chi connectivity index (χ3v) is 15.5. The van der Waals surface area contributed by atoms with Gasteiger partial charge in [0.2, 0.25) is 0 Å². The van der Waals surface area contributed by atoms with E-state index < -0.39 is 0 Å². The van der Waals surface area contributed by atoms with Gasteiger partial charge in [-0.25, -0.2) is 0 Å². The van der Waals surface area contributed by atoms with Crippen LogP contribution in [-0.4, -0.2) is 19.7 Å². The van der Waals surface area contributed by atoms with Crippen LogP contribution in [0, 0.1) is 11.8 Å². The predicted octanol–water partition coefficient (Wildman–Crippen LogP) is 18.0. The van der Waals surface area contributed by atoms with E-state index in [1.807, 2.05) is 0 Å². The van der Waals surface area contributed by atoms with Crippen molar-refractivity contribution in [2.45, 2.75) is 25.9 Å². The first-order valence-electron chi connectivity index (χ1n) is 25.7. The van der Waals surface area contributed by atoms with E-state index >= 15 is 0 Å². The average Bonchev–Trinajstić information content (AvgIpc) is 4.08. The molecule has 12 aromatic rings. The summed E-state index contributed by atoms with van der Waals surface area (Å²) < 4.78 is 7.37. The smallest absolute Gasteiger partial charge is 0.0585 e.